The number of rotatable bonds is 6. The number of methoxy groups -OCH3 is 1. The molecule has 1 aromatic carbocycles. The van der Waals surface area contributed by atoms with E-state index < -0.39 is 5.82 Å². The average molecular weight is 280 g/mol. The number of amides is 1. The van der Waals surface area contributed by atoms with Crippen LogP contribution in [0.4, 0.5) is 4.39 Å². The molecule has 1 unspecified atom stereocenters. The predicted molar refractivity (Wildman–Crippen MR) is 75.3 cm³/mol. The van der Waals surface area contributed by atoms with Crippen molar-refractivity contribution in [3.63, 3.8) is 0 Å². The number of carbonyl (C=O) groups is 1. The Kier molecular flexibility index (Phi) is 5.35. The first kappa shape index (κ1) is 14.8. The van der Waals surface area contributed by atoms with Gasteiger partial charge in [-0.25, -0.2) is 4.39 Å². The standard InChI is InChI=1S/C15H21FN2O2/c1-20-14-3-2-12(8-13(14)16)9-15(19)18-7-5-11-4-6-17-10-11/h2-3,8,11,17H,4-7,9-10H2,1H3,(H,18,19). The Bertz CT molecular complexity index is 459. The van der Waals surface area contributed by atoms with Gasteiger partial charge < -0.3 is 15.4 Å². The van der Waals surface area contributed by atoms with Gasteiger partial charge >= 0.3 is 0 Å². The first-order chi connectivity index (χ1) is 9.69. The number of carbonyl (C=O) groups excluding carboxylic acids is 1. The van der Waals surface area contributed by atoms with Gasteiger partial charge in [-0.1, -0.05) is 6.07 Å². The third kappa shape index (κ3) is 4.20. The normalized spacial score (nSPS) is 18.0. The lowest BCUT2D eigenvalue weighted by molar-refractivity contribution is -0.120. The predicted octanol–water partition coefficient (Wildman–Crippen LogP) is 1.49. The molecule has 1 aromatic rings. The molecule has 1 amide bonds. The van der Waals surface area contributed by atoms with Crippen LogP contribution in [-0.4, -0.2) is 32.7 Å². The Morgan fingerprint density at radius 1 is 1.55 bits per heavy atom. The topological polar surface area (TPSA) is 50.4 Å². The molecule has 4 nitrogen and oxygen atoms in total. The van der Waals surface area contributed by atoms with E-state index in [4.69, 9.17) is 4.74 Å². The summed E-state index contributed by atoms with van der Waals surface area (Å²) in [5.74, 6) is 0.354. The minimum atomic E-state index is -0.435. The molecule has 0 spiro atoms. The Morgan fingerprint density at radius 3 is 3.05 bits per heavy atom. The van der Waals surface area contributed by atoms with Gasteiger partial charge in [-0.3, -0.25) is 4.79 Å². The lowest BCUT2D eigenvalue weighted by Gasteiger charge is -2.10. The monoisotopic (exact) mass is 280 g/mol. The fraction of sp³-hybridized carbons (Fsp3) is 0.533. The van der Waals surface area contributed by atoms with Crippen LogP contribution >= 0.6 is 0 Å². The summed E-state index contributed by atoms with van der Waals surface area (Å²) in [6, 6.07) is 4.60. The summed E-state index contributed by atoms with van der Waals surface area (Å²) < 4.78 is 18.3. The van der Waals surface area contributed by atoms with Gasteiger partial charge in [-0.2, -0.15) is 0 Å². The summed E-state index contributed by atoms with van der Waals surface area (Å²) in [4.78, 5) is 11.8. The maximum atomic E-state index is 13.5. The van der Waals surface area contributed by atoms with Gasteiger partial charge in [0.05, 0.1) is 13.5 Å². The molecule has 110 valence electrons. The van der Waals surface area contributed by atoms with Crippen molar-refractivity contribution >= 4 is 5.91 Å². The van der Waals surface area contributed by atoms with E-state index in [1.807, 2.05) is 0 Å². The van der Waals surface area contributed by atoms with E-state index in [1.165, 1.54) is 19.6 Å². The second-order valence-electron chi connectivity index (χ2n) is 5.14. The number of nitrogens with one attached hydrogen (secondary N) is 2. The number of hydrogen-bond acceptors (Lipinski definition) is 3. The summed E-state index contributed by atoms with van der Waals surface area (Å²) in [5.41, 5.74) is 0.656. The van der Waals surface area contributed by atoms with Crippen LogP contribution in [0.15, 0.2) is 18.2 Å². The Morgan fingerprint density at radius 2 is 2.40 bits per heavy atom. The molecule has 2 N–H and O–H groups in total. The van der Waals surface area contributed by atoms with E-state index >= 15 is 0 Å². The number of benzene rings is 1. The maximum absolute atomic E-state index is 13.5. The Balaban J connectivity index is 1.74. The molecule has 5 heteroatoms. The van der Waals surface area contributed by atoms with Crippen LogP contribution in [0.5, 0.6) is 5.75 Å². The highest BCUT2D eigenvalue weighted by atomic mass is 19.1. The van der Waals surface area contributed by atoms with Crippen LogP contribution in [0.3, 0.4) is 0 Å². The van der Waals surface area contributed by atoms with Gasteiger partial charge in [-0.15, -0.1) is 0 Å². The van der Waals surface area contributed by atoms with Crippen LogP contribution in [0.1, 0.15) is 18.4 Å². The quantitative estimate of drug-likeness (QED) is 0.830. The van der Waals surface area contributed by atoms with E-state index in [1.54, 1.807) is 12.1 Å². The van der Waals surface area contributed by atoms with Gasteiger partial charge in [0.25, 0.3) is 0 Å². The molecule has 20 heavy (non-hydrogen) atoms. The van der Waals surface area contributed by atoms with Gasteiger partial charge in [0.1, 0.15) is 0 Å². The van der Waals surface area contributed by atoms with Crippen LogP contribution < -0.4 is 15.4 Å². The summed E-state index contributed by atoms with van der Waals surface area (Å²) in [6.45, 7) is 2.80. The molecule has 0 saturated carbocycles. The number of hydrogen-bond donors (Lipinski definition) is 2. The summed E-state index contributed by atoms with van der Waals surface area (Å²) in [5, 5.41) is 6.19. The molecule has 1 atom stereocenters. The van der Waals surface area contributed by atoms with E-state index in [-0.39, 0.29) is 18.1 Å². The Hall–Kier alpha value is -1.62. The summed E-state index contributed by atoms with van der Waals surface area (Å²) in [6.07, 6.45) is 2.37. The maximum Gasteiger partial charge on any atom is 0.224 e. The highest BCUT2D eigenvalue weighted by Crippen LogP contribution is 2.18. The molecular formula is C15H21FN2O2. The highest BCUT2D eigenvalue weighted by molar-refractivity contribution is 5.78. The molecule has 2 rings (SSSR count). The van der Waals surface area contributed by atoms with E-state index in [0.29, 0.717) is 18.0 Å². The SMILES string of the molecule is COc1ccc(CC(=O)NCCC2CCNC2)cc1F. The third-order valence-corrected chi connectivity index (χ3v) is 3.62. The second-order valence-corrected chi connectivity index (χ2v) is 5.14. The van der Waals surface area contributed by atoms with Crippen LogP contribution in [-0.2, 0) is 11.2 Å². The summed E-state index contributed by atoms with van der Waals surface area (Å²) >= 11 is 0. The van der Waals surface area contributed by atoms with Crippen LogP contribution in [0.25, 0.3) is 0 Å². The second kappa shape index (κ2) is 7.24. The molecule has 1 heterocycles. The van der Waals surface area contributed by atoms with Crippen molar-refractivity contribution in [2.75, 3.05) is 26.7 Å². The highest BCUT2D eigenvalue weighted by Gasteiger charge is 2.14. The molecule has 0 radical (unpaired) electrons. The molecular weight excluding hydrogens is 259 g/mol. The molecule has 1 fully saturated rings. The lowest BCUT2D eigenvalue weighted by Crippen LogP contribution is -2.27. The smallest absolute Gasteiger partial charge is 0.224 e. The molecule has 1 aliphatic rings. The Labute approximate surface area is 118 Å². The zero-order chi connectivity index (χ0) is 14.4. The zero-order valence-corrected chi connectivity index (χ0v) is 11.7. The number of halogens is 1. The molecule has 0 aromatic heterocycles. The molecule has 0 aliphatic carbocycles. The van der Waals surface area contributed by atoms with Crippen molar-refractivity contribution in [1.29, 1.82) is 0 Å². The van der Waals surface area contributed by atoms with Crippen molar-refractivity contribution < 1.29 is 13.9 Å². The van der Waals surface area contributed by atoms with Crippen molar-refractivity contribution in [3.8, 4) is 5.75 Å². The van der Waals surface area contributed by atoms with Crippen molar-refractivity contribution in [3.05, 3.63) is 29.6 Å². The fourth-order valence-corrected chi connectivity index (χ4v) is 2.44. The van der Waals surface area contributed by atoms with Crippen molar-refractivity contribution in [1.82, 2.24) is 10.6 Å². The zero-order valence-electron chi connectivity index (χ0n) is 11.7. The minimum absolute atomic E-state index is 0.0690. The van der Waals surface area contributed by atoms with Gasteiger partial charge in [-0.05, 0) is 49.5 Å². The van der Waals surface area contributed by atoms with Gasteiger partial charge in [0.2, 0.25) is 5.91 Å². The average Bonchev–Trinajstić information content (AvgIpc) is 2.92. The van der Waals surface area contributed by atoms with Gasteiger partial charge in [0.15, 0.2) is 11.6 Å². The fourth-order valence-electron chi connectivity index (χ4n) is 2.44. The van der Waals surface area contributed by atoms with Crippen LogP contribution in [0, 0.1) is 11.7 Å². The van der Waals surface area contributed by atoms with Gasteiger partial charge in [0, 0.05) is 6.54 Å². The first-order valence-electron chi connectivity index (χ1n) is 6.99. The van der Waals surface area contributed by atoms with E-state index in [0.717, 1.165) is 19.5 Å². The molecule has 0 bridgehead atoms. The van der Waals surface area contributed by atoms with E-state index in [9.17, 15) is 9.18 Å². The van der Waals surface area contributed by atoms with Crippen LogP contribution in [0.2, 0.25) is 0 Å². The van der Waals surface area contributed by atoms with Crippen molar-refractivity contribution in [2.45, 2.75) is 19.3 Å². The molecule has 1 aliphatic heterocycles. The number of ether oxygens (including phenoxy) is 1. The molecule has 1 saturated heterocycles. The summed E-state index contributed by atoms with van der Waals surface area (Å²) in [7, 11) is 1.42. The first-order valence-corrected chi connectivity index (χ1v) is 6.99. The minimum Gasteiger partial charge on any atom is -0.494 e. The van der Waals surface area contributed by atoms with Crippen molar-refractivity contribution in [2.24, 2.45) is 5.92 Å². The largest absolute Gasteiger partial charge is 0.494 e. The van der Waals surface area contributed by atoms with E-state index in [2.05, 4.69) is 10.6 Å². The third-order valence-electron chi connectivity index (χ3n) is 3.62. The lowest BCUT2D eigenvalue weighted by atomic mass is 10.1.